The van der Waals surface area contributed by atoms with E-state index in [1.165, 1.54) is 0 Å². The van der Waals surface area contributed by atoms with Crippen LogP contribution in [0.2, 0.25) is 0 Å². The molecule has 0 atom stereocenters. The standard InChI is InChI=1S/C24H11F12IN2O2/c25-18-5-4-10(9-38-18)20(41)39-16-3-1-2-12(19(16)26)17(40)8-13-14(22(28,29)30)6-11(7-15(13)37)21(27,23(31,32)33)24(34,35)36/h1-7,9H,8H2,(H,39,41). The van der Waals surface area contributed by atoms with Crippen LogP contribution in [0.4, 0.5) is 58.4 Å². The van der Waals surface area contributed by atoms with E-state index in [4.69, 9.17) is 0 Å². The van der Waals surface area contributed by atoms with Crippen LogP contribution >= 0.6 is 22.6 Å². The Morgan fingerprint density at radius 3 is 1.98 bits per heavy atom. The van der Waals surface area contributed by atoms with Crippen LogP contribution in [-0.4, -0.2) is 29.0 Å². The molecule has 0 aliphatic heterocycles. The number of anilines is 1. The third-order valence-electron chi connectivity index (χ3n) is 5.55. The predicted octanol–water partition coefficient (Wildman–Crippen LogP) is 7.95. The van der Waals surface area contributed by atoms with E-state index in [-0.39, 0.29) is 11.6 Å². The molecule has 3 aromatic rings. The number of carbonyl (C=O) groups is 2. The van der Waals surface area contributed by atoms with E-state index >= 15 is 4.39 Å². The highest BCUT2D eigenvalue weighted by Gasteiger charge is 2.73. The molecule has 2 aromatic carbocycles. The maximum Gasteiger partial charge on any atom is 0.435 e. The minimum Gasteiger partial charge on any atom is -0.319 e. The molecule has 0 saturated heterocycles. The van der Waals surface area contributed by atoms with Gasteiger partial charge in [0.25, 0.3) is 5.91 Å². The smallest absolute Gasteiger partial charge is 0.319 e. The fourth-order valence-corrected chi connectivity index (χ4v) is 4.38. The van der Waals surface area contributed by atoms with Crippen molar-refractivity contribution in [3.8, 4) is 0 Å². The molecule has 0 fully saturated rings. The summed E-state index contributed by atoms with van der Waals surface area (Å²) in [5.74, 6) is -4.82. The van der Waals surface area contributed by atoms with E-state index in [0.29, 0.717) is 0 Å². The lowest BCUT2D eigenvalue weighted by Gasteiger charge is -2.31. The average Bonchev–Trinajstić information content (AvgIpc) is 2.84. The average molecular weight is 714 g/mol. The summed E-state index contributed by atoms with van der Waals surface area (Å²) in [6.07, 6.45) is -19.7. The normalized spacial score (nSPS) is 12.8. The summed E-state index contributed by atoms with van der Waals surface area (Å²) in [5, 5.41) is 2.04. The lowest BCUT2D eigenvalue weighted by Crippen LogP contribution is -2.50. The van der Waals surface area contributed by atoms with Crippen molar-refractivity contribution in [2.24, 2.45) is 0 Å². The van der Waals surface area contributed by atoms with Crippen molar-refractivity contribution < 1.29 is 62.3 Å². The number of amides is 1. The third kappa shape index (κ3) is 6.43. The predicted molar refractivity (Wildman–Crippen MR) is 126 cm³/mol. The van der Waals surface area contributed by atoms with Gasteiger partial charge in [-0.15, -0.1) is 0 Å². The molecule has 17 heteroatoms. The van der Waals surface area contributed by atoms with Gasteiger partial charge in [-0.3, -0.25) is 9.59 Å². The first-order valence-corrected chi connectivity index (χ1v) is 11.7. The molecule has 220 valence electrons. The van der Waals surface area contributed by atoms with Gasteiger partial charge in [0.1, 0.15) is 0 Å². The molecule has 0 saturated carbocycles. The molecule has 0 radical (unpaired) electrons. The van der Waals surface area contributed by atoms with E-state index in [1.807, 2.05) is 5.32 Å². The van der Waals surface area contributed by atoms with Crippen LogP contribution in [0, 0.1) is 15.3 Å². The van der Waals surface area contributed by atoms with Gasteiger partial charge in [-0.05, 0) is 64.6 Å². The Kier molecular flexibility index (Phi) is 8.72. The zero-order valence-corrected chi connectivity index (χ0v) is 21.7. The summed E-state index contributed by atoms with van der Waals surface area (Å²) in [4.78, 5) is 28.3. The van der Waals surface area contributed by atoms with E-state index < -0.39 is 91.7 Å². The Bertz CT molecular complexity index is 1470. The molecule has 0 spiro atoms. The van der Waals surface area contributed by atoms with Crippen molar-refractivity contribution in [3.63, 3.8) is 0 Å². The second-order valence-corrected chi connectivity index (χ2v) is 9.39. The van der Waals surface area contributed by atoms with Crippen molar-refractivity contribution in [1.82, 2.24) is 4.98 Å². The third-order valence-corrected chi connectivity index (χ3v) is 6.52. The second kappa shape index (κ2) is 11.1. The molecule has 1 aromatic heterocycles. The lowest BCUT2D eigenvalue weighted by molar-refractivity contribution is -0.348. The number of aromatic nitrogens is 1. The van der Waals surface area contributed by atoms with Crippen LogP contribution in [0.5, 0.6) is 0 Å². The van der Waals surface area contributed by atoms with E-state index in [0.717, 1.165) is 59.1 Å². The van der Waals surface area contributed by atoms with Gasteiger partial charge < -0.3 is 5.32 Å². The largest absolute Gasteiger partial charge is 0.435 e. The van der Waals surface area contributed by atoms with Crippen molar-refractivity contribution in [2.75, 3.05) is 5.32 Å². The maximum absolute atomic E-state index is 15.0. The number of benzene rings is 2. The molecular formula is C24H11F12IN2O2. The van der Waals surface area contributed by atoms with Crippen molar-refractivity contribution >= 4 is 40.0 Å². The van der Waals surface area contributed by atoms with Gasteiger partial charge >= 0.3 is 24.2 Å². The highest BCUT2D eigenvalue weighted by atomic mass is 127. The Hall–Kier alpha value is -3.38. The summed E-state index contributed by atoms with van der Waals surface area (Å²) in [6, 6.07) is 3.72. The number of hydrogen-bond acceptors (Lipinski definition) is 3. The number of rotatable bonds is 6. The molecule has 1 heterocycles. The van der Waals surface area contributed by atoms with Crippen LogP contribution in [0.25, 0.3) is 0 Å². The van der Waals surface area contributed by atoms with Gasteiger partial charge in [-0.1, -0.05) is 6.07 Å². The molecule has 0 aliphatic carbocycles. The van der Waals surface area contributed by atoms with Gasteiger partial charge in [-0.2, -0.15) is 43.9 Å². The monoisotopic (exact) mass is 714 g/mol. The fourth-order valence-electron chi connectivity index (χ4n) is 3.56. The van der Waals surface area contributed by atoms with Crippen molar-refractivity contribution in [2.45, 2.75) is 30.6 Å². The molecule has 3 rings (SSSR count). The number of hydrogen-bond donors (Lipinski definition) is 1. The summed E-state index contributed by atoms with van der Waals surface area (Å²) >= 11 is 0.904. The number of carbonyl (C=O) groups excluding carboxylic acids is 2. The van der Waals surface area contributed by atoms with Crippen LogP contribution in [0.3, 0.4) is 0 Å². The fraction of sp³-hybridized carbons (Fsp3) is 0.208. The highest BCUT2D eigenvalue weighted by molar-refractivity contribution is 14.1. The first-order chi connectivity index (χ1) is 18.7. The molecule has 0 bridgehead atoms. The van der Waals surface area contributed by atoms with Gasteiger partial charge in [0, 0.05) is 21.8 Å². The number of alkyl halides is 10. The summed E-state index contributed by atoms with van der Waals surface area (Å²) in [6.45, 7) is 0. The number of halogens is 13. The number of Topliss-reactive ketones (excluding diaryl/α,β-unsaturated/α-hetero) is 1. The molecule has 0 unspecified atom stereocenters. The number of nitrogens with one attached hydrogen (secondary N) is 1. The number of nitrogens with zero attached hydrogens (tertiary/aromatic N) is 1. The first kappa shape index (κ1) is 32.1. The van der Waals surface area contributed by atoms with Gasteiger partial charge in [-0.25, -0.2) is 13.8 Å². The Morgan fingerprint density at radius 1 is 0.854 bits per heavy atom. The molecule has 0 aliphatic rings. The summed E-state index contributed by atoms with van der Waals surface area (Å²) in [5.41, 5.74) is -13.7. The van der Waals surface area contributed by atoms with E-state index in [1.54, 1.807) is 0 Å². The minimum absolute atomic E-state index is 0.136. The highest BCUT2D eigenvalue weighted by Crippen LogP contribution is 2.54. The Labute approximate surface area is 234 Å². The second-order valence-electron chi connectivity index (χ2n) is 8.23. The summed E-state index contributed by atoms with van der Waals surface area (Å²) < 4.78 is 162. The molecule has 41 heavy (non-hydrogen) atoms. The molecule has 1 amide bonds. The van der Waals surface area contributed by atoms with Crippen molar-refractivity contribution in [1.29, 1.82) is 0 Å². The van der Waals surface area contributed by atoms with E-state index in [2.05, 4.69) is 4.98 Å². The SMILES string of the molecule is O=C(Nc1cccc(C(=O)Cc2c(I)cc(C(F)(C(F)(F)F)C(F)(F)F)cc2C(F)(F)F)c1F)c1ccc(F)nc1. The summed E-state index contributed by atoms with van der Waals surface area (Å²) in [7, 11) is 0. The Balaban J connectivity index is 2.04. The number of pyridine rings is 1. The van der Waals surface area contributed by atoms with Crippen LogP contribution in [0.15, 0.2) is 48.7 Å². The lowest BCUT2D eigenvalue weighted by atomic mass is 9.89. The molecular weight excluding hydrogens is 703 g/mol. The van der Waals surface area contributed by atoms with Crippen LogP contribution in [-0.2, 0) is 18.3 Å². The zero-order valence-electron chi connectivity index (χ0n) is 19.5. The first-order valence-electron chi connectivity index (χ1n) is 10.7. The van der Waals surface area contributed by atoms with E-state index in [9.17, 15) is 57.9 Å². The zero-order chi connectivity index (χ0) is 31.1. The van der Waals surface area contributed by atoms with Gasteiger partial charge in [0.2, 0.25) is 5.95 Å². The van der Waals surface area contributed by atoms with Crippen LogP contribution in [0.1, 0.15) is 37.4 Å². The molecule has 4 nitrogen and oxygen atoms in total. The van der Waals surface area contributed by atoms with Crippen molar-refractivity contribution in [3.05, 3.63) is 91.8 Å². The topological polar surface area (TPSA) is 59.1 Å². The Morgan fingerprint density at radius 2 is 1.46 bits per heavy atom. The minimum atomic E-state index is -6.70. The number of ketones is 1. The van der Waals surface area contributed by atoms with Gasteiger partial charge in [0.15, 0.2) is 11.6 Å². The quantitative estimate of drug-likeness (QED) is 0.122. The molecule has 1 N–H and O–H groups in total. The van der Waals surface area contributed by atoms with Gasteiger partial charge in [0.05, 0.1) is 22.4 Å². The van der Waals surface area contributed by atoms with Crippen LogP contribution < -0.4 is 5.32 Å². The maximum atomic E-state index is 15.0.